The van der Waals surface area contributed by atoms with Crippen molar-refractivity contribution in [1.29, 1.82) is 0 Å². The number of hydrogen-bond donors (Lipinski definition) is 1. The predicted molar refractivity (Wildman–Crippen MR) is 85.4 cm³/mol. The van der Waals surface area contributed by atoms with Gasteiger partial charge in [0.05, 0.1) is 10.4 Å². The van der Waals surface area contributed by atoms with Crippen molar-refractivity contribution in [3.05, 3.63) is 0 Å². The lowest BCUT2D eigenvalue weighted by atomic mass is 9.78. The summed E-state index contributed by atoms with van der Waals surface area (Å²) in [6, 6.07) is 0.368. The molecule has 5 heteroatoms. The molecule has 2 N–H and O–H groups in total. The third-order valence-corrected chi connectivity index (χ3v) is 6.15. The van der Waals surface area contributed by atoms with E-state index in [-0.39, 0.29) is 5.91 Å². The fourth-order valence-electron chi connectivity index (χ4n) is 3.23. The first kappa shape index (κ1) is 15.1. The molecule has 0 aromatic carbocycles. The lowest BCUT2D eigenvalue weighted by Crippen LogP contribution is -2.52. The van der Waals surface area contributed by atoms with E-state index >= 15 is 0 Å². The van der Waals surface area contributed by atoms with E-state index in [0.29, 0.717) is 11.0 Å². The van der Waals surface area contributed by atoms with Gasteiger partial charge in [0.25, 0.3) is 0 Å². The van der Waals surface area contributed by atoms with Crippen LogP contribution in [0.4, 0.5) is 0 Å². The highest BCUT2D eigenvalue weighted by Gasteiger charge is 2.44. The zero-order chi connectivity index (χ0) is 13.9. The molecule has 1 saturated carbocycles. The molecule has 1 saturated heterocycles. The normalized spacial score (nSPS) is 26.7. The lowest BCUT2D eigenvalue weighted by Gasteiger charge is -2.36. The van der Waals surface area contributed by atoms with Crippen LogP contribution in [0, 0.1) is 5.41 Å². The summed E-state index contributed by atoms with van der Waals surface area (Å²) in [4.78, 5) is 15.3. The Morgan fingerprint density at radius 1 is 1.32 bits per heavy atom. The number of carbonyl (C=O) groups excluding carboxylic acids is 1. The molecular formula is C14H24N2OS2. The van der Waals surface area contributed by atoms with E-state index in [4.69, 9.17) is 18.0 Å². The van der Waals surface area contributed by atoms with E-state index in [0.717, 1.165) is 43.6 Å². The summed E-state index contributed by atoms with van der Waals surface area (Å²) in [6.07, 6.45) is 7.30. The fourth-order valence-corrected chi connectivity index (χ4v) is 4.79. The molecule has 108 valence electrons. The van der Waals surface area contributed by atoms with E-state index in [1.54, 1.807) is 0 Å². The van der Waals surface area contributed by atoms with E-state index in [2.05, 4.69) is 0 Å². The Labute approximate surface area is 125 Å². The van der Waals surface area contributed by atoms with Crippen molar-refractivity contribution in [2.24, 2.45) is 11.1 Å². The maximum absolute atomic E-state index is 13.0. The van der Waals surface area contributed by atoms with Gasteiger partial charge in [0.2, 0.25) is 5.91 Å². The van der Waals surface area contributed by atoms with Crippen molar-refractivity contribution in [2.75, 3.05) is 18.6 Å². The van der Waals surface area contributed by atoms with Gasteiger partial charge in [0, 0.05) is 18.8 Å². The van der Waals surface area contributed by atoms with E-state index in [1.165, 1.54) is 12.8 Å². The number of nitrogens with zero attached hydrogens (tertiary/aromatic N) is 1. The molecule has 3 nitrogen and oxygen atoms in total. The Hall–Kier alpha value is -0.290. The van der Waals surface area contributed by atoms with Crippen molar-refractivity contribution in [1.82, 2.24) is 4.90 Å². The summed E-state index contributed by atoms with van der Waals surface area (Å²) in [7, 11) is 1.93. The second kappa shape index (κ2) is 6.44. The SMILES string of the molecule is CN(C(=O)C1(C(N)=S)CCCCCC1)C1CCSC1. The van der Waals surface area contributed by atoms with Gasteiger partial charge in [-0.3, -0.25) is 4.79 Å². The van der Waals surface area contributed by atoms with Crippen molar-refractivity contribution >= 4 is 34.9 Å². The van der Waals surface area contributed by atoms with Crippen LogP contribution in [-0.2, 0) is 4.79 Å². The van der Waals surface area contributed by atoms with Crippen LogP contribution < -0.4 is 5.73 Å². The summed E-state index contributed by atoms with van der Waals surface area (Å²) >= 11 is 7.21. The van der Waals surface area contributed by atoms with E-state index in [1.807, 2.05) is 23.7 Å². The highest BCUT2D eigenvalue weighted by molar-refractivity contribution is 7.99. The first-order valence-electron chi connectivity index (χ1n) is 7.23. The molecule has 2 aliphatic rings. The van der Waals surface area contributed by atoms with Crippen molar-refractivity contribution in [2.45, 2.75) is 51.0 Å². The van der Waals surface area contributed by atoms with Gasteiger partial charge in [-0.15, -0.1) is 0 Å². The van der Waals surface area contributed by atoms with Crippen LogP contribution in [0.15, 0.2) is 0 Å². The van der Waals surface area contributed by atoms with Crippen molar-refractivity contribution < 1.29 is 4.79 Å². The molecule has 0 bridgehead atoms. The molecule has 0 spiro atoms. The third kappa shape index (κ3) is 3.07. The predicted octanol–water partition coefficient (Wildman–Crippen LogP) is 2.58. The topological polar surface area (TPSA) is 46.3 Å². The molecule has 1 atom stereocenters. The van der Waals surface area contributed by atoms with Gasteiger partial charge >= 0.3 is 0 Å². The van der Waals surface area contributed by atoms with Crippen molar-refractivity contribution in [3.63, 3.8) is 0 Å². The summed E-state index contributed by atoms with van der Waals surface area (Å²) in [5, 5.41) is 0. The zero-order valence-electron chi connectivity index (χ0n) is 11.7. The van der Waals surface area contributed by atoms with Crippen molar-refractivity contribution in [3.8, 4) is 0 Å². The Bertz CT molecular complexity index is 345. The first-order valence-corrected chi connectivity index (χ1v) is 8.79. The number of amides is 1. The Balaban J connectivity index is 2.17. The molecule has 1 aliphatic carbocycles. The van der Waals surface area contributed by atoms with Gasteiger partial charge in [-0.2, -0.15) is 11.8 Å². The number of thiocarbonyl (C=S) groups is 1. The van der Waals surface area contributed by atoms with Gasteiger partial charge in [-0.25, -0.2) is 0 Å². The Kier molecular flexibility index (Phi) is 5.12. The average molecular weight is 300 g/mol. The summed E-state index contributed by atoms with van der Waals surface area (Å²) in [5.41, 5.74) is 5.43. The smallest absolute Gasteiger partial charge is 0.235 e. The maximum atomic E-state index is 13.0. The molecule has 2 fully saturated rings. The van der Waals surface area contributed by atoms with Crippen LogP contribution in [0.2, 0.25) is 0 Å². The zero-order valence-corrected chi connectivity index (χ0v) is 13.3. The van der Waals surface area contributed by atoms with Crippen LogP contribution >= 0.6 is 24.0 Å². The standard InChI is InChI=1S/C14H24N2OS2/c1-16(11-6-9-19-10-11)13(17)14(12(15)18)7-4-2-3-5-8-14/h11H,2-10H2,1H3,(H2,15,18). The van der Waals surface area contributed by atoms with Crippen LogP contribution in [0.25, 0.3) is 0 Å². The number of carbonyl (C=O) groups is 1. The summed E-state index contributed by atoms with van der Waals surface area (Å²) in [5.74, 6) is 2.38. The van der Waals surface area contributed by atoms with E-state index < -0.39 is 5.41 Å². The number of hydrogen-bond acceptors (Lipinski definition) is 3. The second-order valence-electron chi connectivity index (χ2n) is 5.79. The monoisotopic (exact) mass is 300 g/mol. The lowest BCUT2D eigenvalue weighted by molar-refractivity contribution is -0.139. The number of thioether (sulfide) groups is 1. The van der Waals surface area contributed by atoms with Gasteiger partial charge in [-0.05, 0) is 25.0 Å². The Morgan fingerprint density at radius 3 is 2.42 bits per heavy atom. The average Bonchev–Trinajstić information content (AvgIpc) is 2.81. The van der Waals surface area contributed by atoms with Gasteiger partial charge in [0.15, 0.2) is 0 Å². The molecular weight excluding hydrogens is 276 g/mol. The largest absolute Gasteiger partial charge is 0.392 e. The molecule has 1 amide bonds. The first-order chi connectivity index (χ1) is 9.08. The van der Waals surface area contributed by atoms with Gasteiger partial charge in [-0.1, -0.05) is 37.9 Å². The van der Waals surface area contributed by atoms with Crippen LogP contribution in [-0.4, -0.2) is 40.4 Å². The van der Waals surface area contributed by atoms with Gasteiger partial charge < -0.3 is 10.6 Å². The summed E-state index contributed by atoms with van der Waals surface area (Å²) in [6.45, 7) is 0. The highest BCUT2D eigenvalue weighted by Crippen LogP contribution is 2.38. The second-order valence-corrected chi connectivity index (χ2v) is 7.38. The number of nitrogens with two attached hydrogens (primary N) is 1. The maximum Gasteiger partial charge on any atom is 0.235 e. The van der Waals surface area contributed by atoms with Crippen LogP contribution in [0.5, 0.6) is 0 Å². The molecule has 1 unspecified atom stereocenters. The third-order valence-electron chi connectivity index (χ3n) is 4.61. The Morgan fingerprint density at radius 2 is 1.95 bits per heavy atom. The molecule has 0 radical (unpaired) electrons. The van der Waals surface area contributed by atoms with Gasteiger partial charge in [0.1, 0.15) is 0 Å². The molecule has 1 aliphatic heterocycles. The quantitative estimate of drug-likeness (QED) is 0.643. The highest BCUT2D eigenvalue weighted by atomic mass is 32.2. The van der Waals surface area contributed by atoms with Crippen LogP contribution in [0.3, 0.4) is 0 Å². The number of rotatable bonds is 3. The molecule has 2 rings (SSSR count). The molecule has 0 aromatic rings. The minimum atomic E-state index is -0.562. The minimum absolute atomic E-state index is 0.175. The molecule has 19 heavy (non-hydrogen) atoms. The fraction of sp³-hybridized carbons (Fsp3) is 0.857. The minimum Gasteiger partial charge on any atom is -0.392 e. The molecule has 1 heterocycles. The molecule has 0 aromatic heterocycles. The van der Waals surface area contributed by atoms with Crippen LogP contribution in [0.1, 0.15) is 44.9 Å². The summed E-state index contributed by atoms with van der Waals surface area (Å²) < 4.78 is 0. The van der Waals surface area contributed by atoms with E-state index in [9.17, 15) is 4.79 Å².